The number of aromatic nitrogens is 1. The van der Waals surface area contributed by atoms with Gasteiger partial charge in [0.05, 0.1) is 10.4 Å². The maximum atomic E-state index is 10.5. The normalized spacial score (nSPS) is 10.2. The molecule has 1 aromatic heterocycles. The molecule has 2 aromatic rings. The van der Waals surface area contributed by atoms with E-state index in [1.54, 1.807) is 18.2 Å². The summed E-state index contributed by atoms with van der Waals surface area (Å²) in [4.78, 5) is 18.5. The molecular weight excluding hydrogens is 198 g/mol. The van der Waals surface area contributed by atoms with Crippen molar-refractivity contribution in [1.29, 1.82) is 0 Å². The van der Waals surface area contributed by atoms with Crippen LogP contribution in [0.25, 0.3) is 10.9 Å². The first-order valence-corrected chi connectivity index (χ1v) is 4.12. The van der Waals surface area contributed by atoms with Crippen molar-refractivity contribution in [3.05, 3.63) is 40.4 Å². The van der Waals surface area contributed by atoms with Gasteiger partial charge in [-0.25, -0.2) is 4.98 Å². The van der Waals surface area contributed by atoms with Gasteiger partial charge in [-0.1, -0.05) is 0 Å². The van der Waals surface area contributed by atoms with E-state index < -0.39 is 4.92 Å². The van der Waals surface area contributed by atoms with Crippen molar-refractivity contribution in [3.63, 3.8) is 0 Å². The van der Waals surface area contributed by atoms with Crippen LogP contribution in [0, 0.1) is 10.1 Å². The Hall–Kier alpha value is -2.21. The third-order valence-corrected chi connectivity index (χ3v) is 1.98. The lowest BCUT2D eigenvalue weighted by atomic mass is 10.2. The second-order valence-corrected chi connectivity index (χ2v) is 2.90. The van der Waals surface area contributed by atoms with Crippen molar-refractivity contribution in [2.75, 3.05) is 0 Å². The van der Waals surface area contributed by atoms with Gasteiger partial charge in [0.25, 0.3) is 5.69 Å². The Bertz CT molecular complexity index is 527. The number of benzene rings is 1. The summed E-state index contributed by atoms with van der Waals surface area (Å²) in [6, 6.07) is 7.60. The summed E-state index contributed by atoms with van der Waals surface area (Å²) in [6.07, 6.45) is 0. The molecule has 0 aliphatic carbocycles. The van der Waals surface area contributed by atoms with Crippen molar-refractivity contribution >= 4 is 16.6 Å². The number of hydrogen-bond donors (Lipinski definition) is 1. The molecule has 15 heavy (non-hydrogen) atoms. The molecule has 0 aliphatic heterocycles. The summed E-state index contributed by atoms with van der Waals surface area (Å²) in [6.45, 7) is 0. The highest BCUT2D eigenvalue weighted by Crippen LogP contribution is 2.21. The van der Waals surface area contributed by atoms with E-state index in [1.807, 2.05) is 0 Å². The number of nitrogens with two attached hydrogens (primary N) is 1. The van der Waals surface area contributed by atoms with Gasteiger partial charge in [-0.05, 0) is 12.1 Å². The van der Waals surface area contributed by atoms with Crippen LogP contribution in [0.5, 0.6) is 5.88 Å². The molecule has 1 aromatic carbocycles. The largest absolute Gasteiger partial charge is 0.391 e. The number of nitro benzene ring substituents is 1. The number of pyridine rings is 1. The summed E-state index contributed by atoms with van der Waals surface area (Å²) in [7, 11) is 0. The molecule has 0 atom stereocenters. The van der Waals surface area contributed by atoms with E-state index in [1.165, 1.54) is 12.1 Å². The van der Waals surface area contributed by atoms with Gasteiger partial charge in [0.2, 0.25) is 5.88 Å². The van der Waals surface area contributed by atoms with Gasteiger partial charge in [-0.15, -0.1) is 0 Å². The molecule has 6 nitrogen and oxygen atoms in total. The van der Waals surface area contributed by atoms with E-state index in [0.717, 1.165) is 0 Å². The average Bonchev–Trinajstić information content (AvgIpc) is 2.27. The molecule has 0 radical (unpaired) electrons. The van der Waals surface area contributed by atoms with E-state index in [-0.39, 0.29) is 11.6 Å². The summed E-state index contributed by atoms with van der Waals surface area (Å²) in [5, 5.41) is 11.2. The van der Waals surface area contributed by atoms with E-state index in [2.05, 4.69) is 9.82 Å². The monoisotopic (exact) mass is 205 g/mol. The van der Waals surface area contributed by atoms with Gasteiger partial charge >= 0.3 is 0 Å². The van der Waals surface area contributed by atoms with Gasteiger partial charge in [0, 0.05) is 23.6 Å². The van der Waals surface area contributed by atoms with Gasteiger partial charge in [-0.2, -0.15) is 5.90 Å². The molecule has 0 saturated carbocycles. The first-order chi connectivity index (χ1) is 7.20. The Kier molecular flexibility index (Phi) is 2.18. The quantitative estimate of drug-likeness (QED) is 0.590. The van der Waals surface area contributed by atoms with Gasteiger partial charge < -0.3 is 4.84 Å². The number of hydrogen-bond acceptors (Lipinski definition) is 5. The number of nitro groups is 1. The highest BCUT2D eigenvalue weighted by atomic mass is 16.6. The highest BCUT2D eigenvalue weighted by Gasteiger charge is 2.06. The van der Waals surface area contributed by atoms with Crippen LogP contribution in [0.1, 0.15) is 0 Å². The molecule has 6 heteroatoms. The molecule has 0 unspecified atom stereocenters. The molecule has 1 heterocycles. The third-order valence-electron chi connectivity index (χ3n) is 1.98. The summed E-state index contributed by atoms with van der Waals surface area (Å²) in [5.41, 5.74) is 0.634. The van der Waals surface area contributed by atoms with Crippen LogP contribution in [-0.2, 0) is 0 Å². The first-order valence-electron chi connectivity index (χ1n) is 4.12. The van der Waals surface area contributed by atoms with E-state index in [4.69, 9.17) is 5.90 Å². The molecule has 0 fully saturated rings. The summed E-state index contributed by atoms with van der Waals surface area (Å²) < 4.78 is 0. The standard InChI is InChI=1S/C9H7N3O3/c10-15-9-4-1-6-5-7(12(13)14)2-3-8(6)11-9/h1-5H,10H2. The number of nitrogens with zero attached hydrogens (tertiary/aromatic N) is 2. The molecule has 0 aliphatic rings. The minimum absolute atomic E-state index is 0.0331. The van der Waals surface area contributed by atoms with E-state index >= 15 is 0 Å². The second-order valence-electron chi connectivity index (χ2n) is 2.90. The van der Waals surface area contributed by atoms with Crippen LogP contribution in [0.3, 0.4) is 0 Å². The number of rotatable bonds is 2. The van der Waals surface area contributed by atoms with E-state index in [0.29, 0.717) is 10.9 Å². The SMILES string of the molecule is NOc1ccc2cc([N+](=O)[O-])ccc2n1. The smallest absolute Gasteiger partial charge is 0.270 e. The molecule has 0 amide bonds. The first kappa shape index (κ1) is 9.35. The molecular formula is C9H7N3O3. The van der Waals surface area contributed by atoms with Crippen LogP contribution >= 0.6 is 0 Å². The fourth-order valence-electron chi connectivity index (χ4n) is 1.27. The molecule has 2 N–H and O–H groups in total. The predicted molar refractivity (Wildman–Crippen MR) is 53.2 cm³/mol. The topological polar surface area (TPSA) is 91.3 Å². The zero-order chi connectivity index (χ0) is 10.8. The van der Waals surface area contributed by atoms with Crippen molar-refractivity contribution < 1.29 is 9.76 Å². The lowest BCUT2D eigenvalue weighted by molar-refractivity contribution is -0.384. The van der Waals surface area contributed by atoms with Gasteiger partial charge in [0.15, 0.2) is 0 Å². The van der Waals surface area contributed by atoms with Crippen LogP contribution in [0.15, 0.2) is 30.3 Å². The van der Waals surface area contributed by atoms with Crippen LogP contribution in [0.4, 0.5) is 5.69 Å². The lowest BCUT2D eigenvalue weighted by Gasteiger charge is -2.00. The lowest BCUT2D eigenvalue weighted by Crippen LogP contribution is -2.03. The van der Waals surface area contributed by atoms with Gasteiger partial charge in [0.1, 0.15) is 0 Å². The van der Waals surface area contributed by atoms with Crippen molar-refractivity contribution in [2.45, 2.75) is 0 Å². The highest BCUT2D eigenvalue weighted by molar-refractivity contribution is 5.81. The fourth-order valence-corrected chi connectivity index (χ4v) is 1.27. The predicted octanol–water partition coefficient (Wildman–Crippen LogP) is 1.40. The van der Waals surface area contributed by atoms with Crippen LogP contribution in [-0.4, -0.2) is 9.91 Å². The summed E-state index contributed by atoms with van der Waals surface area (Å²) in [5.74, 6) is 5.22. The summed E-state index contributed by atoms with van der Waals surface area (Å²) >= 11 is 0. The third kappa shape index (κ3) is 1.70. The fraction of sp³-hybridized carbons (Fsp3) is 0. The minimum atomic E-state index is -0.452. The molecule has 0 saturated heterocycles. The number of non-ortho nitro benzene ring substituents is 1. The maximum Gasteiger partial charge on any atom is 0.270 e. The van der Waals surface area contributed by atoms with Crippen LogP contribution < -0.4 is 10.7 Å². The minimum Gasteiger partial charge on any atom is -0.391 e. The Morgan fingerprint density at radius 2 is 2.13 bits per heavy atom. The zero-order valence-corrected chi connectivity index (χ0v) is 7.58. The Labute approximate surface area is 84.4 Å². The Morgan fingerprint density at radius 1 is 1.33 bits per heavy atom. The Balaban J connectivity index is 2.59. The van der Waals surface area contributed by atoms with Crippen molar-refractivity contribution in [1.82, 2.24) is 4.98 Å². The zero-order valence-electron chi connectivity index (χ0n) is 7.58. The second kappa shape index (κ2) is 3.50. The Morgan fingerprint density at radius 3 is 2.80 bits per heavy atom. The average molecular weight is 205 g/mol. The van der Waals surface area contributed by atoms with Gasteiger partial charge in [-0.3, -0.25) is 10.1 Å². The molecule has 0 spiro atoms. The van der Waals surface area contributed by atoms with Crippen LogP contribution in [0.2, 0.25) is 0 Å². The molecule has 76 valence electrons. The van der Waals surface area contributed by atoms with E-state index in [9.17, 15) is 10.1 Å². The maximum absolute atomic E-state index is 10.5. The molecule has 2 rings (SSSR count). The van der Waals surface area contributed by atoms with Crippen molar-refractivity contribution in [3.8, 4) is 5.88 Å². The number of fused-ring (bicyclic) bond motifs is 1. The van der Waals surface area contributed by atoms with Crippen molar-refractivity contribution in [2.24, 2.45) is 5.90 Å². The molecule has 0 bridgehead atoms.